The van der Waals surface area contributed by atoms with E-state index in [0.717, 1.165) is 12.8 Å². The molecule has 2 fully saturated rings. The van der Waals surface area contributed by atoms with E-state index in [9.17, 15) is 18.5 Å². The maximum atomic E-state index is 13.1. The molecule has 0 radical (unpaired) electrons. The normalized spacial score (nSPS) is 18.0. The molecule has 0 N–H and O–H groups in total. The SMILES string of the molecule is N#Cc1cccnc1N1CCN(C(=O)c2sccc2S(=O)(=O)N2CCCC2)CC1. The molecular weight excluding hydrogens is 410 g/mol. The van der Waals surface area contributed by atoms with E-state index >= 15 is 0 Å². The molecule has 10 heteroatoms. The minimum Gasteiger partial charge on any atom is -0.352 e. The van der Waals surface area contributed by atoms with Crippen molar-refractivity contribution >= 4 is 33.1 Å². The van der Waals surface area contributed by atoms with Gasteiger partial charge in [-0.1, -0.05) is 0 Å². The molecule has 2 aliphatic heterocycles. The lowest BCUT2D eigenvalue weighted by molar-refractivity contribution is 0.0747. The number of nitrogens with zero attached hydrogens (tertiary/aromatic N) is 5. The molecule has 2 aliphatic rings. The van der Waals surface area contributed by atoms with Crippen molar-refractivity contribution in [1.29, 1.82) is 5.26 Å². The Balaban J connectivity index is 1.49. The number of thiophene rings is 1. The highest BCUT2D eigenvalue weighted by atomic mass is 32.2. The molecule has 0 unspecified atom stereocenters. The summed E-state index contributed by atoms with van der Waals surface area (Å²) in [6, 6.07) is 7.13. The van der Waals surface area contributed by atoms with Crippen LogP contribution < -0.4 is 4.90 Å². The first-order valence-electron chi connectivity index (χ1n) is 9.49. The third-order valence-corrected chi connectivity index (χ3v) is 8.25. The Labute approximate surface area is 174 Å². The van der Waals surface area contributed by atoms with Crippen LogP contribution in [0.2, 0.25) is 0 Å². The molecule has 1 amide bonds. The second-order valence-electron chi connectivity index (χ2n) is 6.99. The topological polar surface area (TPSA) is 97.6 Å². The first kappa shape index (κ1) is 19.8. The summed E-state index contributed by atoms with van der Waals surface area (Å²) in [6.07, 6.45) is 3.36. The quantitative estimate of drug-likeness (QED) is 0.732. The van der Waals surface area contributed by atoms with E-state index in [0.29, 0.717) is 50.6 Å². The number of amides is 1. The number of aromatic nitrogens is 1. The van der Waals surface area contributed by atoms with E-state index in [2.05, 4.69) is 11.1 Å². The van der Waals surface area contributed by atoms with Gasteiger partial charge in [-0.05, 0) is 36.4 Å². The summed E-state index contributed by atoms with van der Waals surface area (Å²) in [6.45, 7) is 2.99. The van der Waals surface area contributed by atoms with Gasteiger partial charge in [0, 0.05) is 45.5 Å². The summed E-state index contributed by atoms with van der Waals surface area (Å²) < 4.78 is 27.3. The zero-order valence-electron chi connectivity index (χ0n) is 15.8. The summed E-state index contributed by atoms with van der Waals surface area (Å²) >= 11 is 1.17. The Morgan fingerprint density at radius 2 is 1.83 bits per heavy atom. The number of nitriles is 1. The number of hydrogen-bond acceptors (Lipinski definition) is 7. The van der Waals surface area contributed by atoms with E-state index in [-0.39, 0.29) is 15.7 Å². The number of piperazine rings is 1. The number of anilines is 1. The second-order valence-corrected chi connectivity index (χ2v) is 9.81. The van der Waals surface area contributed by atoms with Gasteiger partial charge in [0.05, 0.1) is 5.56 Å². The Kier molecular flexibility index (Phi) is 5.54. The van der Waals surface area contributed by atoms with Crippen molar-refractivity contribution in [3.8, 4) is 6.07 Å². The van der Waals surface area contributed by atoms with Crippen LogP contribution in [0.25, 0.3) is 0 Å². The molecule has 0 atom stereocenters. The minimum absolute atomic E-state index is 0.119. The zero-order valence-corrected chi connectivity index (χ0v) is 17.5. The van der Waals surface area contributed by atoms with Crippen LogP contribution in [0.15, 0.2) is 34.7 Å². The van der Waals surface area contributed by atoms with Crippen molar-refractivity contribution in [1.82, 2.24) is 14.2 Å². The summed E-state index contributed by atoms with van der Waals surface area (Å²) in [7, 11) is -3.63. The molecule has 2 aromatic heterocycles. The number of carbonyl (C=O) groups excluding carboxylic acids is 1. The van der Waals surface area contributed by atoms with Crippen molar-refractivity contribution in [3.05, 3.63) is 40.2 Å². The van der Waals surface area contributed by atoms with Gasteiger partial charge >= 0.3 is 0 Å². The van der Waals surface area contributed by atoms with Crippen LogP contribution in [-0.2, 0) is 10.0 Å². The van der Waals surface area contributed by atoms with E-state index < -0.39 is 10.0 Å². The van der Waals surface area contributed by atoms with Crippen LogP contribution in [0.1, 0.15) is 28.1 Å². The van der Waals surface area contributed by atoms with Gasteiger partial charge in [-0.25, -0.2) is 13.4 Å². The number of sulfonamides is 1. The third kappa shape index (κ3) is 3.73. The van der Waals surface area contributed by atoms with Crippen LogP contribution in [-0.4, -0.2) is 67.8 Å². The number of carbonyl (C=O) groups is 1. The first-order chi connectivity index (χ1) is 14.0. The highest BCUT2D eigenvalue weighted by molar-refractivity contribution is 7.89. The van der Waals surface area contributed by atoms with Crippen LogP contribution >= 0.6 is 11.3 Å². The molecule has 29 heavy (non-hydrogen) atoms. The van der Waals surface area contributed by atoms with E-state index in [1.165, 1.54) is 21.7 Å². The average molecular weight is 432 g/mol. The molecule has 0 bridgehead atoms. The monoisotopic (exact) mass is 431 g/mol. The molecule has 0 saturated carbocycles. The Morgan fingerprint density at radius 1 is 1.10 bits per heavy atom. The Morgan fingerprint density at radius 3 is 2.52 bits per heavy atom. The van der Waals surface area contributed by atoms with Crippen molar-refractivity contribution in [3.63, 3.8) is 0 Å². The van der Waals surface area contributed by atoms with Gasteiger partial charge in [-0.15, -0.1) is 11.3 Å². The fourth-order valence-corrected chi connectivity index (χ4v) is 6.60. The lowest BCUT2D eigenvalue weighted by Gasteiger charge is -2.35. The Bertz CT molecular complexity index is 1050. The van der Waals surface area contributed by atoms with Crippen molar-refractivity contribution in [2.45, 2.75) is 17.7 Å². The molecule has 2 aromatic rings. The first-order valence-corrected chi connectivity index (χ1v) is 11.8. The largest absolute Gasteiger partial charge is 0.352 e. The van der Waals surface area contributed by atoms with Gasteiger partial charge in [-0.2, -0.15) is 9.57 Å². The molecule has 0 spiro atoms. The van der Waals surface area contributed by atoms with Crippen molar-refractivity contribution in [2.24, 2.45) is 0 Å². The number of hydrogen-bond donors (Lipinski definition) is 0. The number of rotatable bonds is 4. The Hall–Kier alpha value is -2.48. The van der Waals surface area contributed by atoms with Crippen LogP contribution in [0.3, 0.4) is 0 Å². The molecule has 4 rings (SSSR count). The molecule has 0 aromatic carbocycles. The summed E-state index contributed by atoms with van der Waals surface area (Å²) in [5.41, 5.74) is 0.504. The lowest BCUT2D eigenvalue weighted by Crippen LogP contribution is -2.49. The van der Waals surface area contributed by atoms with Gasteiger partial charge in [-0.3, -0.25) is 4.79 Å². The molecular formula is C19H21N5O3S2. The molecule has 2 saturated heterocycles. The van der Waals surface area contributed by atoms with Gasteiger partial charge in [0.15, 0.2) is 0 Å². The smallest absolute Gasteiger partial charge is 0.265 e. The highest BCUT2D eigenvalue weighted by Crippen LogP contribution is 2.29. The maximum Gasteiger partial charge on any atom is 0.265 e. The van der Waals surface area contributed by atoms with E-state index in [4.69, 9.17) is 0 Å². The number of pyridine rings is 1. The molecule has 8 nitrogen and oxygen atoms in total. The molecule has 152 valence electrons. The second kappa shape index (κ2) is 8.10. The maximum absolute atomic E-state index is 13.1. The third-order valence-electron chi connectivity index (χ3n) is 5.28. The summed E-state index contributed by atoms with van der Waals surface area (Å²) in [4.78, 5) is 21.4. The van der Waals surface area contributed by atoms with E-state index in [1.54, 1.807) is 28.6 Å². The van der Waals surface area contributed by atoms with Crippen LogP contribution in [0.5, 0.6) is 0 Å². The van der Waals surface area contributed by atoms with Gasteiger partial charge < -0.3 is 9.80 Å². The van der Waals surface area contributed by atoms with Gasteiger partial charge in [0.25, 0.3) is 5.91 Å². The van der Waals surface area contributed by atoms with Crippen LogP contribution in [0, 0.1) is 11.3 Å². The van der Waals surface area contributed by atoms with Gasteiger partial charge in [0.1, 0.15) is 21.7 Å². The predicted octanol–water partition coefficient (Wildman–Crippen LogP) is 1.76. The van der Waals surface area contributed by atoms with Crippen molar-refractivity contribution in [2.75, 3.05) is 44.2 Å². The fraction of sp³-hybridized carbons (Fsp3) is 0.421. The molecule has 4 heterocycles. The lowest BCUT2D eigenvalue weighted by atomic mass is 10.2. The summed E-state index contributed by atoms with van der Waals surface area (Å²) in [5.74, 6) is 0.370. The molecule has 0 aliphatic carbocycles. The highest BCUT2D eigenvalue weighted by Gasteiger charge is 2.34. The standard InChI is InChI=1S/C19H21N5O3S2/c20-14-15-4-3-6-21-18(15)22-9-11-23(12-10-22)19(25)17-16(5-13-28-17)29(26,27)24-7-1-2-8-24/h3-6,13H,1-2,7-12H2. The van der Waals surface area contributed by atoms with Gasteiger partial charge in [0.2, 0.25) is 10.0 Å². The average Bonchev–Trinajstić information content (AvgIpc) is 3.46. The van der Waals surface area contributed by atoms with Crippen molar-refractivity contribution < 1.29 is 13.2 Å². The summed E-state index contributed by atoms with van der Waals surface area (Å²) in [5, 5.41) is 10.9. The minimum atomic E-state index is -3.63. The zero-order chi connectivity index (χ0) is 20.4. The fourth-order valence-electron chi connectivity index (χ4n) is 3.73. The predicted molar refractivity (Wildman–Crippen MR) is 109 cm³/mol. The van der Waals surface area contributed by atoms with E-state index in [1.807, 2.05) is 4.90 Å². The van der Waals surface area contributed by atoms with Crippen LogP contribution in [0.4, 0.5) is 5.82 Å².